The molecular formula is C15H21N3O3S. The zero-order chi connectivity index (χ0) is 16.3. The Balaban J connectivity index is 1.94. The standard InChI is InChI=1S/C15H21N3O3S/c1-10-11(2)18-14-6-5-12(9-13(10)14)15(19)16-7-4-8-17-22(3,20)21/h5-6,9,17-18H,4,7-8H2,1-3H3,(H,16,19). The van der Waals surface area contributed by atoms with Gasteiger partial charge in [-0.25, -0.2) is 13.1 Å². The third kappa shape index (κ3) is 4.08. The minimum Gasteiger partial charge on any atom is -0.358 e. The van der Waals surface area contributed by atoms with Crippen molar-refractivity contribution in [2.45, 2.75) is 20.3 Å². The van der Waals surface area contributed by atoms with Gasteiger partial charge in [-0.1, -0.05) is 0 Å². The lowest BCUT2D eigenvalue weighted by Crippen LogP contribution is -2.29. The number of fused-ring (bicyclic) bond motifs is 1. The van der Waals surface area contributed by atoms with E-state index in [0.717, 1.165) is 28.4 Å². The smallest absolute Gasteiger partial charge is 0.251 e. The first-order valence-electron chi connectivity index (χ1n) is 7.09. The lowest BCUT2D eigenvalue weighted by Gasteiger charge is -2.06. The number of carbonyl (C=O) groups excluding carboxylic acids is 1. The SMILES string of the molecule is Cc1[nH]c2ccc(C(=O)NCCCNS(C)(=O)=O)cc2c1C. The van der Waals surface area contributed by atoms with Crippen LogP contribution in [0.4, 0.5) is 0 Å². The third-order valence-corrected chi connectivity index (χ3v) is 4.30. The normalized spacial score (nSPS) is 11.8. The Morgan fingerprint density at radius 1 is 1.23 bits per heavy atom. The highest BCUT2D eigenvalue weighted by atomic mass is 32.2. The number of nitrogens with one attached hydrogen (secondary N) is 3. The Morgan fingerprint density at radius 2 is 1.95 bits per heavy atom. The van der Waals surface area contributed by atoms with E-state index < -0.39 is 10.0 Å². The van der Waals surface area contributed by atoms with Crippen LogP contribution < -0.4 is 10.0 Å². The summed E-state index contributed by atoms with van der Waals surface area (Å²) >= 11 is 0. The van der Waals surface area contributed by atoms with Crippen molar-refractivity contribution in [3.05, 3.63) is 35.0 Å². The van der Waals surface area contributed by atoms with Gasteiger partial charge in [0.25, 0.3) is 5.91 Å². The Bertz CT molecular complexity index is 794. The summed E-state index contributed by atoms with van der Waals surface area (Å²) in [5.74, 6) is -0.153. The second-order valence-corrected chi connectivity index (χ2v) is 7.24. The summed E-state index contributed by atoms with van der Waals surface area (Å²) in [6, 6.07) is 5.55. The van der Waals surface area contributed by atoms with Crippen molar-refractivity contribution in [1.82, 2.24) is 15.0 Å². The number of hydrogen-bond acceptors (Lipinski definition) is 3. The van der Waals surface area contributed by atoms with Crippen LogP contribution in [-0.2, 0) is 10.0 Å². The monoisotopic (exact) mass is 323 g/mol. The van der Waals surface area contributed by atoms with Crippen molar-refractivity contribution in [2.24, 2.45) is 0 Å². The number of aromatic nitrogens is 1. The first-order valence-corrected chi connectivity index (χ1v) is 8.99. The lowest BCUT2D eigenvalue weighted by atomic mass is 10.1. The van der Waals surface area contributed by atoms with Crippen LogP contribution >= 0.6 is 0 Å². The maximum atomic E-state index is 12.1. The largest absolute Gasteiger partial charge is 0.358 e. The number of H-pyrrole nitrogens is 1. The molecule has 7 heteroatoms. The van der Waals surface area contributed by atoms with Gasteiger partial charge in [0.15, 0.2) is 0 Å². The molecule has 2 aromatic rings. The number of carbonyl (C=O) groups is 1. The van der Waals surface area contributed by atoms with Gasteiger partial charge in [-0.05, 0) is 44.0 Å². The van der Waals surface area contributed by atoms with Crippen LogP contribution in [0, 0.1) is 13.8 Å². The number of aromatic amines is 1. The van der Waals surface area contributed by atoms with Crippen molar-refractivity contribution in [2.75, 3.05) is 19.3 Å². The molecule has 0 radical (unpaired) electrons. The van der Waals surface area contributed by atoms with Crippen molar-refractivity contribution < 1.29 is 13.2 Å². The van der Waals surface area contributed by atoms with E-state index in [2.05, 4.69) is 15.0 Å². The average Bonchev–Trinajstić information content (AvgIpc) is 2.72. The molecule has 2 rings (SSSR count). The molecule has 0 aliphatic rings. The second kappa shape index (κ2) is 6.50. The summed E-state index contributed by atoms with van der Waals surface area (Å²) in [6.45, 7) is 4.76. The summed E-state index contributed by atoms with van der Waals surface area (Å²) in [5, 5.41) is 3.84. The van der Waals surface area contributed by atoms with E-state index in [1.807, 2.05) is 26.0 Å². The molecule has 0 atom stereocenters. The van der Waals surface area contributed by atoms with Gasteiger partial charge in [0.05, 0.1) is 6.26 Å². The Labute approximate surface area is 130 Å². The highest BCUT2D eigenvalue weighted by Crippen LogP contribution is 2.22. The molecule has 3 N–H and O–H groups in total. The minimum absolute atomic E-state index is 0.153. The van der Waals surface area contributed by atoms with Gasteiger partial charge in [-0.3, -0.25) is 4.79 Å². The quantitative estimate of drug-likeness (QED) is 0.703. The molecule has 0 fully saturated rings. The van der Waals surface area contributed by atoms with Crippen molar-refractivity contribution >= 4 is 26.8 Å². The first kappa shape index (κ1) is 16.5. The summed E-state index contributed by atoms with van der Waals surface area (Å²) < 4.78 is 24.2. The highest BCUT2D eigenvalue weighted by molar-refractivity contribution is 7.88. The first-order chi connectivity index (χ1) is 10.3. The number of hydrogen-bond donors (Lipinski definition) is 3. The van der Waals surface area contributed by atoms with E-state index in [1.165, 1.54) is 0 Å². The zero-order valence-corrected chi connectivity index (χ0v) is 13.8. The van der Waals surface area contributed by atoms with E-state index in [0.29, 0.717) is 25.1 Å². The topological polar surface area (TPSA) is 91.1 Å². The summed E-state index contributed by atoms with van der Waals surface area (Å²) in [7, 11) is -3.17. The van der Waals surface area contributed by atoms with Gasteiger partial charge >= 0.3 is 0 Å². The van der Waals surface area contributed by atoms with Crippen LogP contribution in [0.2, 0.25) is 0 Å². The molecule has 6 nitrogen and oxygen atoms in total. The molecule has 1 heterocycles. The van der Waals surface area contributed by atoms with Crippen LogP contribution in [-0.4, -0.2) is 38.7 Å². The second-order valence-electron chi connectivity index (χ2n) is 5.41. The van der Waals surface area contributed by atoms with Crippen LogP contribution in [0.3, 0.4) is 0 Å². The minimum atomic E-state index is -3.17. The van der Waals surface area contributed by atoms with E-state index in [-0.39, 0.29) is 5.91 Å². The third-order valence-electron chi connectivity index (χ3n) is 3.57. The fourth-order valence-electron chi connectivity index (χ4n) is 2.25. The number of benzene rings is 1. The maximum Gasteiger partial charge on any atom is 0.251 e. The highest BCUT2D eigenvalue weighted by Gasteiger charge is 2.09. The van der Waals surface area contributed by atoms with Crippen molar-refractivity contribution in [3.8, 4) is 0 Å². The molecule has 1 aromatic carbocycles. The lowest BCUT2D eigenvalue weighted by molar-refractivity contribution is 0.0953. The molecule has 0 bridgehead atoms. The number of sulfonamides is 1. The molecule has 0 aliphatic carbocycles. The maximum absolute atomic E-state index is 12.1. The molecule has 0 spiro atoms. The van der Waals surface area contributed by atoms with Crippen LogP contribution in [0.25, 0.3) is 10.9 Å². The van der Waals surface area contributed by atoms with Gasteiger partial charge in [-0.15, -0.1) is 0 Å². The van der Waals surface area contributed by atoms with Gasteiger partial charge in [-0.2, -0.15) is 0 Å². The predicted molar refractivity (Wildman–Crippen MR) is 87.6 cm³/mol. The number of amides is 1. The molecular weight excluding hydrogens is 302 g/mol. The van der Waals surface area contributed by atoms with E-state index in [9.17, 15) is 13.2 Å². The Morgan fingerprint density at radius 3 is 2.64 bits per heavy atom. The van der Waals surface area contributed by atoms with Crippen molar-refractivity contribution in [1.29, 1.82) is 0 Å². The summed E-state index contributed by atoms with van der Waals surface area (Å²) in [4.78, 5) is 15.4. The Kier molecular flexibility index (Phi) is 4.87. The van der Waals surface area contributed by atoms with Gasteiger partial charge in [0.1, 0.15) is 0 Å². The molecule has 1 aromatic heterocycles. The molecule has 120 valence electrons. The molecule has 1 amide bonds. The predicted octanol–water partition coefficient (Wildman–Crippen LogP) is 1.45. The molecule has 0 saturated heterocycles. The Hall–Kier alpha value is -1.86. The fraction of sp³-hybridized carbons (Fsp3) is 0.400. The van der Waals surface area contributed by atoms with Gasteiger partial charge in [0.2, 0.25) is 10.0 Å². The van der Waals surface area contributed by atoms with Gasteiger partial charge < -0.3 is 10.3 Å². The summed E-state index contributed by atoms with van der Waals surface area (Å²) in [6.07, 6.45) is 1.66. The zero-order valence-electron chi connectivity index (χ0n) is 13.0. The fourth-order valence-corrected chi connectivity index (χ4v) is 2.77. The van der Waals surface area contributed by atoms with Crippen LogP contribution in [0.1, 0.15) is 28.0 Å². The van der Waals surface area contributed by atoms with Crippen LogP contribution in [0.15, 0.2) is 18.2 Å². The molecule has 0 unspecified atom stereocenters. The van der Waals surface area contributed by atoms with E-state index in [4.69, 9.17) is 0 Å². The van der Waals surface area contributed by atoms with Crippen molar-refractivity contribution in [3.63, 3.8) is 0 Å². The van der Waals surface area contributed by atoms with Gasteiger partial charge in [0, 0.05) is 35.2 Å². The van der Waals surface area contributed by atoms with Crippen LogP contribution in [0.5, 0.6) is 0 Å². The van der Waals surface area contributed by atoms with E-state index >= 15 is 0 Å². The molecule has 22 heavy (non-hydrogen) atoms. The number of rotatable bonds is 6. The average molecular weight is 323 g/mol. The number of aryl methyl sites for hydroxylation is 2. The molecule has 0 aliphatic heterocycles. The summed E-state index contributed by atoms with van der Waals surface area (Å²) in [5.41, 5.74) is 3.86. The van der Waals surface area contributed by atoms with E-state index in [1.54, 1.807) is 6.07 Å². The molecule has 0 saturated carbocycles.